The first-order chi connectivity index (χ1) is 13.1. The molecule has 2 N–H and O–H groups in total. The highest BCUT2D eigenvalue weighted by Gasteiger charge is 2.34. The van der Waals surface area contributed by atoms with Crippen LogP contribution in [0, 0.1) is 12.8 Å². The van der Waals surface area contributed by atoms with E-state index < -0.39 is 0 Å². The number of amides is 2. The normalized spacial score (nSPS) is 19.8. The number of anilines is 1. The molecule has 2 fully saturated rings. The van der Waals surface area contributed by atoms with Gasteiger partial charge >= 0.3 is 0 Å². The number of carbonyl (C=O) groups is 2. The topological polar surface area (TPSA) is 70.7 Å². The first-order valence-electron chi connectivity index (χ1n) is 10.0. The molecule has 2 heterocycles. The standard InChI is InChI=1S/C21H31N3O3.ClH/c1-15-5-7-19(27-2)17(14-15)23-21(26)18-4-3-13-24(18)20(25)8-6-16-9-11-22-12-10-16;/h5,7,14,16,18,22H,3-4,6,8-13H2,1-2H3,(H,23,26);1H. The van der Waals surface area contributed by atoms with Crippen molar-refractivity contribution in [2.24, 2.45) is 5.92 Å². The summed E-state index contributed by atoms with van der Waals surface area (Å²) in [6.07, 6.45) is 5.36. The monoisotopic (exact) mass is 409 g/mol. The lowest BCUT2D eigenvalue weighted by Gasteiger charge is -2.26. The smallest absolute Gasteiger partial charge is 0.247 e. The van der Waals surface area contributed by atoms with E-state index in [9.17, 15) is 9.59 Å². The fourth-order valence-electron chi connectivity index (χ4n) is 4.11. The fourth-order valence-corrected chi connectivity index (χ4v) is 4.11. The van der Waals surface area contributed by atoms with Crippen LogP contribution in [0.5, 0.6) is 5.75 Å². The number of ether oxygens (including phenoxy) is 1. The van der Waals surface area contributed by atoms with Crippen molar-refractivity contribution in [1.29, 1.82) is 0 Å². The highest BCUT2D eigenvalue weighted by molar-refractivity contribution is 5.98. The molecule has 7 heteroatoms. The first-order valence-corrected chi connectivity index (χ1v) is 10.0. The molecule has 1 unspecified atom stereocenters. The van der Waals surface area contributed by atoms with Crippen LogP contribution >= 0.6 is 12.4 Å². The molecule has 0 spiro atoms. The molecule has 1 atom stereocenters. The average molecular weight is 410 g/mol. The maximum absolute atomic E-state index is 12.8. The Balaban J connectivity index is 0.00000280. The lowest BCUT2D eigenvalue weighted by atomic mass is 9.93. The second kappa shape index (κ2) is 10.7. The molecule has 0 aliphatic carbocycles. The van der Waals surface area contributed by atoms with Crippen molar-refractivity contribution in [2.75, 3.05) is 32.1 Å². The third-order valence-electron chi connectivity index (χ3n) is 5.71. The van der Waals surface area contributed by atoms with E-state index in [2.05, 4.69) is 10.6 Å². The van der Waals surface area contributed by atoms with Crippen molar-refractivity contribution in [3.63, 3.8) is 0 Å². The number of aryl methyl sites for hydroxylation is 1. The van der Waals surface area contributed by atoms with E-state index in [-0.39, 0.29) is 30.3 Å². The minimum absolute atomic E-state index is 0. The summed E-state index contributed by atoms with van der Waals surface area (Å²) in [6.45, 7) is 4.74. The van der Waals surface area contributed by atoms with Crippen molar-refractivity contribution < 1.29 is 14.3 Å². The molecule has 2 aliphatic heterocycles. The van der Waals surface area contributed by atoms with Crippen LogP contribution in [0.4, 0.5) is 5.69 Å². The van der Waals surface area contributed by atoms with Crippen LogP contribution in [0.15, 0.2) is 18.2 Å². The van der Waals surface area contributed by atoms with E-state index in [0.717, 1.165) is 50.8 Å². The molecule has 0 bridgehead atoms. The average Bonchev–Trinajstić information content (AvgIpc) is 3.17. The van der Waals surface area contributed by atoms with E-state index in [1.54, 1.807) is 12.0 Å². The van der Waals surface area contributed by atoms with Gasteiger partial charge in [-0.3, -0.25) is 9.59 Å². The minimum atomic E-state index is -0.379. The highest BCUT2D eigenvalue weighted by atomic mass is 35.5. The van der Waals surface area contributed by atoms with Crippen molar-refractivity contribution in [3.8, 4) is 5.75 Å². The molecule has 1 aromatic carbocycles. The van der Waals surface area contributed by atoms with Gasteiger partial charge in [-0.2, -0.15) is 0 Å². The summed E-state index contributed by atoms with van der Waals surface area (Å²) in [4.78, 5) is 27.4. The van der Waals surface area contributed by atoms with Gasteiger partial charge in [-0.05, 0) is 75.7 Å². The predicted molar refractivity (Wildman–Crippen MR) is 113 cm³/mol. The highest BCUT2D eigenvalue weighted by Crippen LogP contribution is 2.28. The summed E-state index contributed by atoms with van der Waals surface area (Å²) in [6, 6.07) is 5.31. The van der Waals surface area contributed by atoms with Gasteiger partial charge in [0.05, 0.1) is 12.8 Å². The van der Waals surface area contributed by atoms with Crippen LogP contribution in [0.25, 0.3) is 0 Å². The number of nitrogens with zero attached hydrogens (tertiary/aromatic N) is 1. The lowest BCUT2D eigenvalue weighted by molar-refractivity contribution is -0.136. The molecule has 2 aliphatic rings. The van der Waals surface area contributed by atoms with Gasteiger partial charge in [-0.15, -0.1) is 12.4 Å². The van der Waals surface area contributed by atoms with Gasteiger partial charge in [0.1, 0.15) is 11.8 Å². The molecule has 6 nitrogen and oxygen atoms in total. The Morgan fingerprint density at radius 2 is 2.00 bits per heavy atom. The van der Waals surface area contributed by atoms with Crippen LogP contribution in [0.2, 0.25) is 0 Å². The molecule has 2 saturated heterocycles. The van der Waals surface area contributed by atoms with E-state index in [0.29, 0.717) is 30.3 Å². The third-order valence-corrected chi connectivity index (χ3v) is 5.71. The van der Waals surface area contributed by atoms with E-state index in [1.807, 2.05) is 25.1 Å². The van der Waals surface area contributed by atoms with E-state index in [4.69, 9.17) is 4.74 Å². The van der Waals surface area contributed by atoms with Crippen LogP contribution in [-0.2, 0) is 9.59 Å². The Morgan fingerprint density at radius 3 is 2.71 bits per heavy atom. The zero-order chi connectivity index (χ0) is 19.2. The van der Waals surface area contributed by atoms with Crippen molar-refractivity contribution in [3.05, 3.63) is 23.8 Å². The third kappa shape index (κ3) is 5.61. The number of methoxy groups -OCH3 is 1. The number of piperidine rings is 1. The summed E-state index contributed by atoms with van der Waals surface area (Å²) in [5.74, 6) is 1.26. The van der Waals surface area contributed by atoms with Gasteiger partial charge in [0.15, 0.2) is 0 Å². The number of hydrogen-bond donors (Lipinski definition) is 2. The van der Waals surface area contributed by atoms with Gasteiger partial charge in [-0.25, -0.2) is 0 Å². The van der Waals surface area contributed by atoms with Gasteiger partial charge in [0, 0.05) is 13.0 Å². The van der Waals surface area contributed by atoms with Crippen LogP contribution in [-0.4, -0.2) is 49.5 Å². The quantitative estimate of drug-likeness (QED) is 0.757. The Hall–Kier alpha value is -1.79. The van der Waals surface area contributed by atoms with Crippen LogP contribution < -0.4 is 15.4 Å². The molecule has 156 valence electrons. The SMILES string of the molecule is COc1ccc(C)cc1NC(=O)C1CCCN1C(=O)CCC1CCNCC1.Cl. The van der Waals surface area contributed by atoms with Crippen molar-refractivity contribution >= 4 is 29.9 Å². The Bertz CT molecular complexity index is 677. The fraction of sp³-hybridized carbons (Fsp3) is 0.619. The summed E-state index contributed by atoms with van der Waals surface area (Å²) in [5.41, 5.74) is 1.71. The second-order valence-electron chi connectivity index (χ2n) is 7.67. The summed E-state index contributed by atoms with van der Waals surface area (Å²) < 4.78 is 5.34. The maximum atomic E-state index is 12.8. The molecule has 2 amide bonds. The first kappa shape index (κ1) is 22.5. The van der Waals surface area contributed by atoms with Gasteiger partial charge in [0.25, 0.3) is 0 Å². The van der Waals surface area contributed by atoms with Crippen molar-refractivity contribution in [2.45, 2.75) is 51.5 Å². The second-order valence-corrected chi connectivity index (χ2v) is 7.67. The summed E-state index contributed by atoms with van der Waals surface area (Å²) in [5, 5.41) is 6.33. The number of rotatable bonds is 6. The number of nitrogens with one attached hydrogen (secondary N) is 2. The van der Waals surface area contributed by atoms with Gasteiger partial charge < -0.3 is 20.3 Å². The summed E-state index contributed by atoms with van der Waals surface area (Å²) in [7, 11) is 1.59. The number of likely N-dealkylation sites (tertiary alicyclic amines) is 1. The molecule has 0 saturated carbocycles. The molecule has 0 aromatic heterocycles. The number of hydrogen-bond acceptors (Lipinski definition) is 4. The summed E-state index contributed by atoms with van der Waals surface area (Å²) >= 11 is 0. The Morgan fingerprint density at radius 1 is 1.25 bits per heavy atom. The zero-order valence-electron chi connectivity index (χ0n) is 16.8. The maximum Gasteiger partial charge on any atom is 0.247 e. The Labute approximate surface area is 173 Å². The molecular weight excluding hydrogens is 378 g/mol. The molecule has 1 aromatic rings. The van der Waals surface area contributed by atoms with Crippen LogP contribution in [0.1, 0.15) is 44.1 Å². The van der Waals surface area contributed by atoms with Crippen LogP contribution in [0.3, 0.4) is 0 Å². The molecule has 3 rings (SSSR count). The predicted octanol–water partition coefficient (Wildman–Crippen LogP) is 3.13. The minimum Gasteiger partial charge on any atom is -0.495 e. The van der Waals surface area contributed by atoms with Gasteiger partial charge in [0.2, 0.25) is 11.8 Å². The number of halogens is 1. The molecule has 0 radical (unpaired) electrons. The van der Waals surface area contributed by atoms with E-state index >= 15 is 0 Å². The Kier molecular flexibility index (Phi) is 8.58. The zero-order valence-corrected chi connectivity index (χ0v) is 17.6. The van der Waals surface area contributed by atoms with E-state index in [1.165, 1.54) is 0 Å². The number of benzene rings is 1. The van der Waals surface area contributed by atoms with Crippen molar-refractivity contribution in [1.82, 2.24) is 10.2 Å². The molecule has 28 heavy (non-hydrogen) atoms. The van der Waals surface area contributed by atoms with Gasteiger partial charge in [-0.1, -0.05) is 6.07 Å². The lowest BCUT2D eigenvalue weighted by Crippen LogP contribution is -2.43. The number of carbonyl (C=O) groups excluding carboxylic acids is 2. The largest absolute Gasteiger partial charge is 0.495 e. The molecular formula is C21H32ClN3O3.